The number of nitrogens with one attached hydrogen (secondary N) is 2. The highest BCUT2D eigenvalue weighted by Crippen LogP contribution is 2.17. The van der Waals surface area contributed by atoms with E-state index in [1.54, 1.807) is 6.92 Å². The molecule has 3 N–H and O–H groups in total. The molecule has 2 fully saturated rings. The second-order valence-electron chi connectivity index (χ2n) is 6.28. The lowest BCUT2D eigenvalue weighted by Crippen LogP contribution is -2.52. The number of hydrogen-bond acceptors (Lipinski definition) is 3. The summed E-state index contributed by atoms with van der Waals surface area (Å²) in [4.78, 5) is 24.9. The van der Waals surface area contributed by atoms with Crippen LogP contribution in [0.15, 0.2) is 0 Å². The molecule has 0 aromatic carbocycles. The number of likely N-dealkylation sites (tertiary alicyclic amines) is 1. The molecule has 0 aromatic heterocycles. The van der Waals surface area contributed by atoms with Gasteiger partial charge in [0.15, 0.2) is 0 Å². The first-order valence-electron chi connectivity index (χ1n) is 8.10. The highest BCUT2D eigenvalue weighted by atomic mass is 16.4. The molecule has 6 heteroatoms. The Bertz CT molecular complexity index is 361. The summed E-state index contributed by atoms with van der Waals surface area (Å²) in [5.74, 6) is -0.781. The number of carboxylic acid groups (broad SMARTS) is 1. The molecule has 21 heavy (non-hydrogen) atoms. The number of piperidine rings is 1. The van der Waals surface area contributed by atoms with Crippen molar-refractivity contribution in [2.45, 2.75) is 70.0 Å². The van der Waals surface area contributed by atoms with Crippen LogP contribution in [0.25, 0.3) is 0 Å². The molecule has 0 bridgehead atoms. The van der Waals surface area contributed by atoms with Gasteiger partial charge in [-0.15, -0.1) is 0 Å². The Kier molecular flexibility index (Phi) is 5.85. The summed E-state index contributed by atoms with van der Waals surface area (Å²) in [6.07, 6.45) is 7.49. The first kappa shape index (κ1) is 16.1. The van der Waals surface area contributed by atoms with Crippen LogP contribution in [0.3, 0.4) is 0 Å². The molecule has 2 amide bonds. The minimum atomic E-state index is -0.781. The quantitative estimate of drug-likeness (QED) is 0.735. The Morgan fingerprint density at radius 2 is 1.52 bits per heavy atom. The Hall–Kier alpha value is -1.30. The van der Waals surface area contributed by atoms with Crippen LogP contribution >= 0.6 is 0 Å². The number of nitrogens with zero attached hydrogens (tertiary/aromatic N) is 1. The lowest BCUT2D eigenvalue weighted by Gasteiger charge is -2.34. The minimum absolute atomic E-state index is 0.0633. The number of carboxylic acids is 1. The van der Waals surface area contributed by atoms with Crippen LogP contribution in [0.1, 0.15) is 51.9 Å². The monoisotopic (exact) mass is 297 g/mol. The summed E-state index contributed by atoms with van der Waals surface area (Å²) in [6.45, 7) is 3.16. The second-order valence-corrected chi connectivity index (χ2v) is 6.28. The normalized spacial score (nSPS) is 23.5. The van der Waals surface area contributed by atoms with Crippen LogP contribution in [-0.4, -0.2) is 53.2 Å². The number of aliphatic carboxylic acids is 1. The Morgan fingerprint density at radius 1 is 1.00 bits per heavy atom. The fraction of sp³-hybridized carbons (Fsp3) is 0.867. The lowest BCUT2D eigenvalue weighted by atomic mass is 9.96. The smallest absolute Gasteiger partial charge is 0.320 e. The molecular weight excluding hydrogens is 270 g/mol. The zero-order valence-corrected chi connectivity index (χ0v) is 12.8. The third-order valence-corrected chi connectivity index (χ3v) is 4.71. The van der Waals surface area contributed by atoms with Gasteiger partial charge in [-0.2, -0.15) is 0 Å². The van der Waals surface area contributed by atoms with Crippen LogP contribution in [0.2, 0.25) is 0 Å². The van der Waals surface area contributed by atoms with E-state index in [4.69, 9.17) is 5.11 Å². The lowest BCUT2D eigenvalue weighted by molar-refractivity contribution is -0.143. The largest absolute Gasteiger partial charge is 0.480 e. The molecule has 1 atom stereocenters. The fourth-order valence-electron chi connectivity index (χ4n) is 3.25. The summed E-state index contributed by atoms with van der Waals surface area (Å²) < 4.78 is 0. The van der Waals surface area contributed by atoms with E-state index in [0.717, 1.165) is 38.8 Å². The van der Waals surface area contributed by atoms with Gasteiger partial charge in [0.1, 0.15) is 6.04 Å². The van der Waals surface area contributed by atoms with Crippen LogP contribution in [0.5, 0.6) is 0 Å². The number of hydrogen-bond donors (Lipinski definition) is 3. The van der Waals surface area contributed by atoms with Gasteiger partial charge in [-0.1, -0.05) is 19.3 Å². The molecule has 0 aromatic rings. The molecule has 2 rings (SSSR count). The summed E-state index contributed by atoms with van der Waals surface area (Å²) in [7, 11) is 0. The molecule has 1 aliphatic carbocycles. The third kappa shape index (κ3) is 4.88. The van der Waals surface area contributed by atoms with Crippen LogP contribution < -0.4 is 10.6 Å². The number of carbonyl (C=O) groups is 2. The van der Waals surface area contributed by atoms with E-state index in [1.807, 2.05) is 4.90 Å². The number of carbonyl (C=O) groups excluding carboxylic acids is 1. The standard InChI is InChI=1S/C15H27N3O3/c1-11(14(19)20)18-9-7-13(8-10-18)17-15(21)16-12-5-3-2-4-6-12/h11-13H,2-10H2,1H3,(H,19,20)(H2,16,17,21). The SMILES string of the molecule is CC(C(=O)O)N1CCC(NC(=O)NC2CCCCC2)CC1. The fourth-order valence-corrected chi connectivity index (χ4v) is 3.25. The summed E-state index contributed by atoms with van der Waals surface area (Å²) >= 11 is 0. The van der Waals surface area contributed by atoms with Gasteiger partial charge in [0.2, 0.25) is 0 Å². The molecule has 6 nitrogen and oxygen atoms in total. The maximum Gasteiger partial charge on any atom is 0.320 e. The van der Waals surface area contributed by atoms with E-state index in [-0.39, 0.29) is 12.1 Å². The first-order chi connectivity index (χ1) is 10.1. The van der Waals surface area contributed by atoms with Gasteiger partial charge in [0.25, 0.3) is 0 Å². The van der Waals surface area contributed by atoms with Crippen LogP contribution in [-0.2, 0) is 4.79 Å². The van der Waals surface area contributed by atoms with E-state index >= 15 is 0 Å². The van der Waals surface area contributed by atoms with E-state index in [1.165, 1.54) is 19.3 Å². The summed E-state index contributed by atoms with van der Waals surface area (Å²) in [6, 6.07) is -0.0228. The molecule has 0 radical (unpaired) electrons. The Labute approximate surface area is 126 Å². The van der Waals surface area contributed by atoms with Gasteiger partial charge >= 0.3 is 12.0 Å². The molecular formula is C15H27N3O3. The van der Waals surface area contributed by atoms with Gasteiger partial charge in [-0.25, -0.2) is 4.79 Å². The Balaban J connectivity index is 1.68. The molecule has 0 spiro atoms. The van der Waals surface area contributed by atoms with Gasteiger partial charge in [-0.3, -0.25) is 9.69 Å². The maximum atomic E-state index is 12.0. The predicted octanol–water partition coefficient (Wildman–Crippen LogP) is 1.56. The van der Waals surface area contributed by atoms with Crippen molar-refractivity contribution in [2.75, 3.05) is 13.1 Å². The Morgan fingerprint density at radius 3 is 2.05 bits per heavy atom. The van der Waals surface area contributed by atoms with E-state index in [2.05, 4.69) is 10.6 Å². The number of urea groups is 1. The molecule has 1 heterocycles. The van der Waals surface area contributed by atoms with E-state index in [9.17, 15) is 9.59 Å². The molecule has 1 saturated carbocycles. The average Bonchev–Trinajstić information content (AvgIpc) is 2.48. The van der Waals surface area contributed by atoms with Gasteiger partial charge in [-0.05, 0) is 32.6 Å². The van der Waals surface area contributed by atoms with Crippen molar-refractivity contribution < 1.29 is 14.7 Å². The van der Waals surface area contributed by atoms with Gasteiger partial charge in [0.05, 0.1) is 0 Å². The average molecular weight is 297 g/mol. The number of amides is 2. The molecule has 1 unspecified atom stereocenters. The molecule has 120 valence electrons. The first-order valence-corrected chi connectivity index (χ1v) is 8.10. The maximum absolute atomic E-state index is 12.0. The van der Waals surface area contributed by atoms with Gasteiger partial charge in [0, 0.05) is 25.2 Å². The topological polar surface area (TPSA) is 81.7 Å². The molecule has 2 aliphatic rings. The minimum Gasteiger partial charge on any atom is -0.480 e. The zero-order chi connectivity index (χ0) is 15.2. The highest BCUT2D eigenvalue weighted by Gasteiger charge is 2.27. The molecule has 1 saturated heterocycles. The van der Waals surface area contributed by atoms with Crippen molar-refractivity contribution in [3.63, 3.8) is 0 Å². The van der Waals surface area contributed by atoms with Crippen molar-refractivity contribution in [3.8, 4) is 0 Å². The third-order valence-electron chi connectivity index (χ3n) is 4.71. The van der Waals surface area contributed by atoms with E-state index < -0.39 is 12.0 Å². The zero-order valence-electron chi connectivity index (χ0n) is 12.8. The number of rotatable bonds is 4. The summed E-state index contributed by atoms with van der Waals surface area (Å²) in [5.41, 5.74) is 0. The van der Waals surface area contributed by atoms with Crippen LogP contribution in [0, 0.1) is 0 Å². The summed E-state index contributed by atoms with van der Waals surface area (Å²) in [5, 5.41) is 15.1. The second kappa shape index (κ2) is 7.64. The highest BCUT2D eigenvalue weighted by molar-refractivity contribution is 5.74. The van der Waals surface area contributed by atoms with Crippen molar-refractivity contribution in [1.29, 1.82) is 0 Å². The molecule has 1 aliphatic heterocycles. The van der Waals surface area contributed by atoms with Crippen LogP contribution in [0.4, 0.5) is 4.79 Å². The van der Waals surface area contributed by atoms with E-state index in [0.29, 0.717) is 6.04 Å². The van der Waals surface area contributed by atoms with Crippen molar-refractivity contribution in [2.24, 2.45) is 0 Å². The van der Waals surface area contributed by atoms with Crippen molar-refractivity contribution in [1.82, 2.24) is 15.5 Å². The van der Waals surface area contributed by atoms with Crippen molar-refractivity contribution in [3.05, 3.63) is 0 Å². The predicted molar refractivity (Wildman–Crippen MR) is 80.2 cm³/mol. The van der Waals surface area contributed by atoms with Gasteiger partial charge < -0.3 is 15.7 Å². The van der Waals surface area contributed by atoms with Crippen molar-refractivity contribution >= 4 is 12.0 Å².